The van der Waals surface area contributed by atoms with Crippen LogP contribution in [0.4, 0.5) is 23.2 Å². The second-order valence-corrected chi connectivity index (χ2v) is 33.8. The molecule has 117 heavy (non-hydrogen) atoms. The number of carbonyl (C=O) groups is 5. The van der Waals surface area contributed by atoms with E-state index in [0.717, 1.165) is 81.8 Å². The molecule has 0 saturated heterocycles. The lowest BCUT2D eigenvalue weighted by Gasteiger charge is -2.10. The highest BCUT2D eigenvalue weighted by Crippen LogP contribution is 2.27. The van der Waals surface area contributed by atoms with Gasteiger partial charge in [0.05, 0.1) is 60.3 Å². The van der Waals surface area contributed by atoms with Crippen LogP contribution < -0.4 is 26.4 Å². The highest BCUT2D eigenvalue weighted by Gasteiger charge is 2.24. The molecular formula is C72H71Br2Cl2F4N13O19S5. The Hall–Kier alpha value is -10.7. The summed E-state index contributed by atoms with van der Waals surface area (Å²) in [6.45, 7) is 1.31. The van der Waals surface area contributed by atoms with Crippen LogP contribution in [0.3, 0.4) is 0 Å². The smallest absolute Gasteiger partial charge is 0.417 e. The van der Waals surface area contributed by atoms with Crippen LogP contribution in [0.15, 0.2) is 239 Å². The summed E-state index contributed by atoms with van der Waals surface area (Å²) in [5.41, 5.74) is 5.92. The summed E-state index contributed by atoms with van der Waals surface area (Å²) in [6.07, 6.45) is 1.74. The minimum atomic E-state index is -4.05. The van der Waals surface area contributed by atoms with Gasteiger partial charge in [0, 0.05) is 74.5 Å². The number of nitrogens with two attached hydrogens (primary N) is 5. The summed E-state index contributed by atoms with van der Waals surface area (Å²) in [5.74, 6) is -1.69. The topological polar surface area (TPSA) is 504 Å². The van der Waals surface area contributed by atoms with E-state index < -0.39 is 96.5 Å². The van der Waals surface area contributed by atoms with Crippen molar-refractivity contribution in [3.8, 4) is 17.1 Å². The fourth-order valence-corrected chi connectivity index (χ4v) is 12.2. The van der Waals surface area contributed by atoms with Crippen molar-refractivity contribution in [3.63, 3.8) is 0 Å². The molecule has 0 aliphatic carbocycles. The van der Waals surface area contributed by atoms with Gasteiger partial charge in [0.2, 0.25) is 49.3 Å². The van der Waals surface area contributed by atoms with E-state index in [1.807, 2.05) is 109 Å². The molecule has 0 aliphatic heterocycles. The number of Topliss-reactive ketones (excluding diaryl/α,β-unsaturated/α-hetero) is 1. The summed E-state index contributed by atoms with van der Waals surface area (Å²) in [4.78, 5) is 53.2. The molecule has 11 N–H and O–H groups in total. The van der Waals surface area contributed by atoms with Gasteiger partial charge in [-0.05, 0) is 144 Å². The molecule has 0 radical (unpaired) electrons. The van der Waals surface area contributed by atoms with Crippen LogP contribution in [0.2, 0.25) is 0 Å². The van der Waals surface area contributed by atoms with Gasteiger partial charge in [-0.25, -0.2) is 109 Å². The Morgan fingerprint density at radius 3 is 1.06 bits per heavy atom. The Morgan fingerprint density at radius 2 is 0.769 bits per heavy atom. The number of aromatic nitrogens is 6. The molecule has 32 nitrogen and oxygen atoms in total. The quantitative estimate of drug-likeness (QED) is 0.00640. The van der Waals surface area contributed by atoms with Crippen molar-refractivity contribution in [2.24, 2.45) is 36.7 Å². The number of esters is 4. The highest BCUT2D eigenvalue weighted by atomic mass is 79.9. The van der Waals surface area contributed by atoms with E-state index in [9.17, 15) is 80.3 Å². The van der Waals surface area contributed by atoms with Crippen LogP contribution in [0.5, 0.6) is 0 Å². The van der Waals surface area contributed by atoms with E-state index in [0.29, 0.717) is 48.5 Å². The van der Waals surface area contributed by atoms with Crippen molar-refractivity contribution in [1.82, 2.24) is 29.3 Å². The first-order valence-corrected chi connectivity index (χ1v) is 42.9. The summed E-state index contributed by atoms with van der Waals surface area (Å²) in [7, 11) is -3.96. The van der Waals surface area contributed by atoms with Gasteiger partial charge in [0.15, 0.2) is 17.2 Å². The summed E-state index contributed by atoms with van der Waals surface area (Å²) < 4.78 is 179. The lowest BCUT2D eigenvalue weighted by atomic mass is 10.1. The van der Waals surface area contributed by atoms with Crippen molar-refractivity contribution < 1.29 is 105 Å². The number of primary sulfonamides is 4. The predicted molar refractivity (Wildman–Crippen MR) is 430 cm³/mol. The monoisotopic (exact) mass is 1890 g/mol. The maximum atomic E-state index is 14.6. The van der Waals surface area contributed by atoms with Gasteiger partial charge in [-0.2, -0.15) is 15.3 Å². The average Bonchev–Trinajstić information content (AvgIpc) is 1.61. The molecule has 0 spiro atoms. The van der Waals surface area contributed by atoms with Crippen molar-refractivity contribution in [2.45, 2.75) is 58.8 Å². The lowest BCUT2D eigenvalue weighted by Crippen LogP contribution is -2.16. The highest BCUT2D eigenvalue weighted by molar-refractivity contribution is 9.10. The molecule has 0 amide bonds. The predicted octanol–water partition coefficient (Wildman–Crippen LogP) is 10.2. The Labute approximate surface area is 696 Å². The fraction of sp³-hybridized carbons (Fsp3) is 0.139. The maximum Gasteiger partial charge on any atom is 0.417 e. The van der Waals surface area contributed by atoms with Gasteiger partial charge in [0.1, 0.15) is 46.0 Å². The molecule has 0 bridgehead atoms. The third-order valence-electron chi connectivity index (χ3n) is 14.9. The molecule has 11 aromatic rings. The first-order valence-electron chi connectivity index (χ1n) is 32.4. The SMILES string of the molecule is CC(=O)Cc1ccc(Br)cc1.COC(=O)C(=O)OC.COC(=O)c1cc(Cc2ccc(Br)cc2)n(-c2ccc(S(N)(=O)=O)cc2F)n1.COC(=O)c1cc(Cc2ccccc2)n(-c2ccc(S(N)(=O)=O)cc2F)n1.NN=Nc1ccc(S(N)(=O)=O)cc1F.NS(=O)(=O)c1ccc(-n2nc(CO)cc2Cc2ccccc2)c(F)c1.O=S(Cl)Cl.[HH]. The Balaban J connectivity index is 0.000000307. The molecule has 8 aromatic carbocycles. The second kappa shape index (κ2) is 45.2. The van der Waals surface area contributed by atoms with Crippen LogP contribution in [0.25, 0.3) is 17.1 Å². The number of ketones is 1. The second-order valence-electron chi connectivity index (χ2n) is 23.2. The molecule has 624 valence electrons. The molecule has 0 saturated carbocycles. The van der Waals surface area contributed by atoms with Crippen molar-refractivity contribution in [2.75, 3.05) is 28.4 Å². The van der Waals surface area contributed by atoms with Crippen LogP contribution in [0.1, 0.15) is 74.4 Å². The van der Waals surface area contributed by atoms with E-state index >= 15 is 0 Å². The number of methoxy groups -OCH3 is 4. The number of ether oxygens (including phenoxy) is 4. The fourth-order valence-electron chi connectivity index (χ4n) is 9.60. The maximum absolute atomic E-state index is 14.6. The van der Waals surface area contributed by atoms with Crippen molar-refractivity contribution in [1.29, 1.82) is 0 Å². The molecular weight excluding hydrogens is 1820 g/mol. The number of hydrogen-bond donors (Lipinski definition) is 6. The van der Waals surface area contributed by atoms with E-state index in [2.05, 4.69) is 97.8 Å². The van der Waals surface area contributed by atoms with Crippen LogP contribution in [0, 0.1) is 23.3 Å². The summed E-state index contributed by atoms with van der Waals surface area (Å²) in [6, 6.07) is 51.7. The lowest BCUT2D eigenvalue weighted by molar-refractivity contribution is -0.164. The van der Waals surface area contributed by atoms with Crippen molar-refractivity contribution >= 4 is 138 Å². The number of benzene rings is 8. The molecule has 3 heterocycles. The van der Waals surface area contributed by atoms with E-state index in [1.54, 1.807) is 13.0 Å². The van der Waals surface area contributed by atoms with Gasteiger partial charge in [-0.15, -0.1) is 5.11 Å². The average molecular weight is 1890 g/mol. The van der Waals surface area contributed by atoms with Crippen molar-refractivity contribution in [3.05, 3.63) is 289 Å². The number of sulfonamides is 4. The Kier molecular flexibility index (Phi) is 37.4. The van der Waals surface area contributed by atoms with E-state index in [4.69, 9.17) is 30.6 Å². The van der Waals surface area contributed by atoms with Gasteiger partial charge < -0.3 is 29.9 Å². The molecule has 0 aliphatic rings. The number of halogens is 8. The largest absolute Gasteiger partial charge is 0.464 e. The molecule has 0 fully saturated rings. The van der Waals surface area contributed by atoms with Crippen LogP contribution in [-0.4, -0.2) is 130 Å². The Bertz CT molecular complexity index is 5860. The minimum Gasteiger partial charge on any atom is -0.464 e. The number of carbonyl (C=O) groups excluding carboxylic acids is 5. The summed E-state index contributed by atoms with van der Waals surface area (Å²) in [5, 5.41) is 47.7. The summed E-state index contributed by atoms with van der Waals surface area (Å²) >= 11 is 6.69. The minimum absolute atomic E-state index is 0. The van der Waals surface area contributed by atoms with Gasteiger partial charge >= 0.3 is 23.9 Å². The third-order valence-corrected chi connectivity index (χ3v) is 19.6. The molecule has 3 aromatic heterocycles. The third kappa shape index (κ3) is 31.1. The number of hydrogen-bond acceptors (Lipinski definition) is 24. The first kappa shape index (κ1) is 96.9. The number of aliphatic hydroxyl groups is 1. The molecule has 0 unspecified atom stereocenters. The van der Waals surface area contributed by atoms with Crippen LogP contribution >= 0.6 is 53.2 Å². The number of rotatable bonds is 19. The molecule has 0 atom stereocenters. The zero-order chi connectivity index (χ0) is 87.3. The molecule has 11 rings (SSSR count). The van der Waals surface area contributed by atoms with Gasteiger partial charge in [0.25, 0.3) is 0 Å². The zero-order valence-corrected chi connectivity index (χ0v) is 70.2. The number of aliphatic hydroxyl groups excluding tert-OH is 1. The first-order chi connectivity index (χ1) is 54.9. The number of nitrogens with zero attached hydrogens (tertiary/aromatic N) is 8. The van der Waals surface area contributed by atoms with E-state index in [1.165, 1.54) is 76.8 Å². The zero-order valence-electron chi connectivity index (χ0n) is 61.4. The van der Waals surface area contributed by atoms with E-state index in [-0.39, 0.29) is 67.5 Å². The Morgan fingerprint density at radius 1 is 0.462 bits per heavy atom. The standard InChI is InChI=1S/C18H15BrFN3O4S.C18H16FN3O4S.C17H16FN3O3S.C9H9BrO.C6H7FN4O2S.C4H6O4.Cl2OS.H2/c1-27-18(24)16-9-13(8-11-2-4-12(19)5-3-11)23(22-16)17-7-6-14(10-15(17)20)28(21,25)26;1-26-18(23)16-10-13(9-12-5-3-2-4-6-12)22(21-16)17-8-7-14(11-15(17)19)27(20,24)25;18-16-10-15(25(19,23)24)6-7-17(16)21-14(9-13(11-22)20-21)8-12-4-2-1-3-5-12;1-7(11)6-8-2-4-9(10)5-3-8;7-5-3-4(14(9,12)13)1-2-6(5)10-11-8;1-7-3(5)4(6)8-2;1-4(2)3;/h2-7,9-10H,8H2,1H3,(H2,21,25,26);2-8,10-11H,9H2,1H3,(H2,20,24,25);1-7,9-10,22H,8,11H2,(H2,19,23,24);2-5H,6H2,1H3;1-3H,(H2,8,10)(H2,9,12,13);1-2H3;;1H. The van der Waals surface area contributed by atoms with Gasteiger partial charge in [-0.3, -0.25) is 4.79 Å². The molecule has 45 heteroatoms. The normalized spacial score (nSPS) is 11.0. The van der Waals surface area contributed by atoms with Crippen LogP contribution in [-0.2, 0) is 115 Å². The van der Waals surface area contributed by atoms with Gasteiger partial charge in [-0.1, -0.05) is 122 Å².